The molecule has 1 aromatic carbocycles. The van der Waals surface area contributed by atoms with E-state index < -0.39 is 0 Å². The molecule has 4 heteroatoms. The highest BCUT2D eigenvalue weighted by molar-refractivity contribution is 5.84. The lowest BCUT2D eigenvalue weighted by Crippen LogP contribution is -1.91. The van der Waals surface area contributed by atoms with E-state index in [2.05, 4.69) is 9.97 Å². The highest BCUT2D eigenvalue weighted by atomic mass is 16.3. The zero-order chi connectivity index (χ0) is 11.8. The number of nitrogens with two attached hydrogens (primary N) is 1. The summed E-state index contributed by atoms with van der Waals surface area (Å²) in [6.07, 6.45) is 1.44. The van der Waals surface area contributed by atoms with Gasteiger partial charge in [-0.3, -0.25) is 0 Å². The van der Waals surface area contributed by atoms with Crippen molar-refractivity contribution in [3.8, 4) is 11.5 Å². The third-order valence-corrected chi connectivity index (χ3v) is 2.68. The SMILES string of the molecule is Cc1cccc2cc(-c3cc(N)ncn3)oc12. The number of anilines is 1. The first-order chi connectivity index (χ1) is 8.24. The molecule has 17 heavy (non-hydrogen) atoms. The van der Waals surface area contributed by atoms with E-state index in [-0.39, 0.29) is 0 Å². The Labute approximate surface area is 98.1 Å². The first-order valence-electron chi connectivity index (χ1n) is 5.31. The van der Waals surface area contributed by atoms with Crippen LogP contribution in [0.1, 0.15) is 5.56 Å². The van der Waals surface area contributed by atoms with Crippen molar-refractivity contribution in [3.63, 3.8) is 0 Å². The number of para-hydroxylation sites is 1. The minimum Gasteiger partial charge on any atom is -0.454 e. The summed E-state index contributed by atoms with van der Waals surface area (Å²) >= 11 is 0. The van der Waals surface area contributed by atoms with Crippen molar-refractivity contribution in [1.29, 1.82) is 0 Å². The quantitative estimate of drug-likeness (QED) is 0.691. The van der Waals surface area contributed by atoms with Gasteiger partial charge in [0.2, 0.25) is 0 Å². The molecule has 0 radical (unpaired) electrons. The van der Waals surface area contributed by atoms with Gasteiger partial charge in [0, 0.05) is 11.5 Å². The second-order valence-corrected chi connectivity index (χ2v) is 3.93. The van der Waals surface area contributed by atoms with Gasteiger partial charge in [-0.25, -0.2) is 9.97 Å². The topological polar surface area (TPSA) is 64.9 Å². The molecule has 0 amide bonds. The van der Waals surface area contributed by atoms with E-state index in [1.165, 1.54) is 6.33 Å². The van der Waals surface area contributed by atoms with Crippen LogP contribution in [-0.4, -0.2) is 9.97 Å². The molecule has 4 nitrogen and oxygen atoms in total. The van der Waals surface area contributed by atoms with Gasteiger partial charge in [-0.2, -0.15) is 0 Å². The van der Waals surface area contributed by atoms with Crippen molar-refractivity contribution in [2.75, 3.05) is 5.73 Å². The number of fused-ring (bicyclic) bond motifs is 1. The lowest BCUT2D eigenvalue weighted by molar-refractivity contribution is 0.626. The van der Waals surface area contributed by atoms with Crippen LogP contribution in [0, 0.1) is 6.92 Å². The number of nitrogens with zero attached hydrogens (tertiary/aromatic N) is 2. The van der Waals surface area contributed by atoms with E-state index >= 15 is 0 Å². The summed E-state index contributed by atoms with van der Waals surface area (Å²) in [5.74, 6) is 1.15. The number of hydrogen-bond acceptors (Lipinski definition) is 4. The summed E-state index contributed by atoms with van der Waals surface area (Å²) in [6, 6.07) is 9.70. The van der Waals surface area contributed by atoms with E-state index in [1.54, 1.807) is 6.07 Å². The molecule has 0 saturated heterocycles. The summed E-state index contributed by atoms with van der Waals surface area (Å²) in [5, 5.41) is 1.07. The fourth-order valence-corrected chi connectivity index (χ4v) is 1.84. The predicted molar refractivity (Wildman–Crippen MR) is 66.4 cm³/mol. The van der Waals surface area contributed by atoms with E-state index in [0.29, 0.717) is 17.3 Å². The van der Waals surface area contributed by atoms with Crippen LogP contribution in [0.3, 0.4) is 0 Å². The summed E-state index contributed by atoms with van der Waals surface area (Å²) in [5.41, 5.74) is 8.33. The summed E-state index contributed by atoms with van der Waals surface area (Å²) in [4.78, 5) is 8.01. The lowest BCUT2D eigenvalue weighted by Gasteiger charge is -1.96. The van der Waals surface area contributed by atoms with Crippen LogP contribution in [0.5, 0.6) is 0 Å². The Balaban J connectivity index is 2.22. The van der Waals surface area contributed by atoms with Crippen LogP contribution >= 0.6 is 0 Å². The Kier molecular flexibility index (Phi) is 2.08. The van der Waals surface area contributed by atoms with Gasteiger partial charge in [0.25, 0.3) is 0 Å². The van der Waals surface area contributed by atoms with Crippen molar-refractivity contribution in [1.82, 2.24) is 9.97 Å². The van der Waals surface area contributed by atoms with E-state index in [1.807, 2.05) is 31.2 Å². The fraction of sp³-hybridized carbons (Fsp3) is 0.0769. The van der Waals surface area contributed by atoms with Gasteiger partial charge in [-0.05, 0) is 18.6 Å². The Morgan fingerprint density at radius 3 is 2.82 bits per heavy atom. The molecular weight excluding hydrogens is 214 g/mol. The molecule has 0 atom stereocenters. The Morgan fingerprint density at radius 1 is 1.18 bits per heavy atom. The van der Waals surface area contributed by atoms with Gasteiger partial charge in [0.1, 0.15) is 23.4 Å². The molecule has 3 rings (SSSR count). The maximum atomic E-state index is 5.79. The minimum absolute atomic E-state index is 0.437. The number of hydrogen-bond donors (Lipinski definition) is 1. The van der Waals surface area contributed by atoms with Crippen molar-refractivity contribution in [2.45, 2.75) is 6.92 Å². The standard InChI is InChI=1S/C13H11N3O/c1-8-3-2-4-9-5-11(17-13(8)9)10-6-12(14)16-7-15-10/h2-7H,1H3,(H2,14,15,16). The lowest BCUT2D eigenvalue weighted by atomic mass is 10.2. The maximum Gasteiger partial charge on any atom is 0.154 e. The van der Waals surface area contributed by atoms with Gasteiger partial charge in [-0.1, -0.05) is 18.2 Å². The molecule has 0 aliphatic carbocycles. The van der Waals surface area contributed by atoms with Crippen LogP contribution in [0.25, 0.3) is 22.4 Å². The highest BCUT2D eigenvalue weighted by Crippen LogP contribution is 2.28. The van der Waals surface area contributed by atoms with Crippen molar-refractivity contribution >= 4 is 16.8 Å². The highest BCUT2D eigenvalue weighted by Gasteiger charge is 2.09. The average Bonchev–Trinajstić information content (AvgIpc) is 2.74. The predicted octanol–water partition coefficient (Wildman–Crippen LogP) is 2.78. The number of furan rings is 1. The Bertz CT molecular complexity index is 688. The zero-order valence-electron chi connectivity index (χ0n) is 9.34. The molecule has 0 unspecified atom stereocenters. The second kappa shape index (κ2) is 3.59. The molecule has 0 fully saturated rings. The van der Waals surface area contributed by atoms with E-state index in [4.69, 9.17) is 10.2 Å². The Morgan fingerprint density at radius 2 is 2.06 bits per heavy atom. The average molecular weight is 225 g/mol. The largest absolute Gasteiger partial charge is 0.454 e. The zero-order valence-corrected chi connectivity index (χ0v) is 9.34. The van der Waals surface area contributed by atoms with Crippen molar-refractivity contribution in [3.05, 3.63) is 42.2 Å². The molecule has 0 spiro atoms. The van der Waals surface area contributed by atoms with Crippen LogP contribution in [0.2, 0.25) is 0 Å². The first kappa shape index (κ1) is 9.84. The summed E-state index contributed by atoms with van der Waals surface area (Å²) in [6.45, 7) is 2.02. The number of aryl methyl sites for hydroxylation is 1. The number of benzene rings is 1. The molecule has 0 aliphatic rings. The molecule has 0 aliphatic heterocycles. The molecule has 2 aromatic heterocycles. The number of nitrogen functional groups attached to an aromatic ring is 1. The number of aromatic nitrogens is 2. The summed E-state index contributed by atoms with van der Waals surface area (Å²) in [7, 11) is 0. The maximum absolute atomic E-state index is 5.79. The van der Waals surface area contributed by atoms with E-state index in [9.17, 15) is 0 Å². The second-order valence-electron chi connectivity index (χ2n) is 3.93. The van der Waals surface area contributed by atoms with Gasteiger partial charge >= 0.3 is 0 Å². The third-order valence-electron chi connectivity index (χ3n) is 2.68. The van der Waals surface area contributed by atoms with Crippen LogP contribution in [0.15, 0.2) is 41.1 Å². The van der Waals surface area contributed by atoms with Gasteiger partial charge < -0.3 is 10.2 Å². The molecule has 3 aromatic rings. The fourth-order valence-electron chi connectivity index (χ4n) is 1.84. The monoisotopic (exact) mass is 225 g/mol. The molecule has 84 valence electrons. The molecule has 2 heterocycles. The van der Waals surface area contributed by atoms with Gasteiger partial charge in [0.15, 0.2) is 5.76 Å². The van der Waals surface area contributed by atoms with Crippen molar-refractivity contribution < 1.29 is 4.42 Å². The molecule has 2 N–H and O–H groups in total. The van der Waals surface area contributed by atoms with Gasteiger partial charge in [0.05, 0.1) is 0 Å². The molecule has 0 saturated carbocycles. The number of rotatable bonds is 1. The van der Waals surface area contributed by atoms with Gasteiger partial charge in [-0.15, -0.1) is 0 Å². The summed E-state index contributed by atoms with van der Waals surface area (Å²) < 4.78 is 5.79. The minimum atomic E-state index is 0.437. The van der Waals surface area contributed by atoms with Crippen LogP contribution < -0.4 is 5.73 Å². The normalized spacial score (nSPS) is 10.9. The van der Waals surface area contributed by atoms with E-state index in [0.717, 1.165) is 16.5 Å². The van der Waals surface area contributed by atoms with Crippen LogP contribution in [0.4, 0.5) is 5.82 Å². The van der Waals surface area contributed by atoms with Crippen molar-refractivity contribution in [2.24, 2.45) is 0 Å². The Hall–Kier alpha value is -2.36. The van der Waals surface area contributed by atoms with Crippen LogP contribution in [-0.2, 0) is 0 Å². The third kappa shape index (κ3) is 1.63. The smallest absolute Gasteiger partial charge is 0.154 e. The molecular formula is C13H11N3O. The first-order valence-corrected chi connectivity index (χ1v) is 5.31. The molecule has 0 bridgehead atoms.